The molecule has 0 aliphatic carbocycles. The summed E-state index contributed by atoms with van der Waals surface area (Å²) in [6, 6.07) is -0.0544. The van der Waals surface area contributed by atoms with Gasteiger partial charge in [0.1, 0.15) is 17.7 Å². The molecule has 1 rings (SSSR count). The van der Waals surface area contributed by atoms with Crippen LogP contribution in [0.15, 0.2) is 0 Å². The van der Waals surface area contributed by atoms with Crippen molar-refractivity contribution in [2.75, 3.05) is 0 Å². The van der Waals surface area contributed by atoms with Crippen molar-refractivity contribution in [1.29, 1.82) is 0 Å². The van der Waals surface area contributed by atoms with Gasteiger partial charge in [0.2, 0.25) is 0 Å². The number of hydrogen-bond donors (Lipinski definition) is 1. The van der Waals surface area contributed by atoms with Gasteiger partial charge in [-0.2, -0.15) is 5.10 Å². The van der Waals surface area contributed by atoms with Crippen LogP contribution >= 0.6 is 12.2 Å². The molecule has 1 aromatic rings. The molecule has 0 amide bonds. The SMILES string of the molecule is Cc1nc(C)n(C(C)C(N)=S)n1. The first kappa shape index (κ1) is 9.12. The van der Waals surface area contributed by atoms with Crippen molar-refractivity contribution in [2.24, 2.45) is 5.73 Å². The first-order valence-electron chi connectivity index (χ1n) is 3.71. The fraction of sp³-hybridized carbons (Fsp3) is 0.571. The van der Waals surface area contributed by atoms with Crippen LogP contribution in [0.3, 0.4) is 0 Å². The highest BCUT2D eigenvalue weighted by atomic mass is 32.1. The standard InChI is InChI=1S/C7H12N4S/c1-4(7(8)12)11-6(3)9-5(2)10-11/h4H,1-3H3,(H2,8,12). The number of nitrogens with two attached hydrogens (primary N) is 1. The molecular weight excluding hydrogens is 172 g/mol. The normalized spacial score (nSPS) is 12.9. The molecule has 1 heterocycles. The van der Waals surface area contributed by atoms with Crippen molar-refractivity contribution in [3.8, 4) is 0 Å². The average molecular weight is 184 g/mol. The van der Waals surface area contributed by atoms with Crippen LogP contribution in [0.2, 0.25) is 0 Å². The van der Waals surface area contributed by atoms with Gasteiger partial charge in [-0.25, -0.2) is 9.67 Å². The Morgan fingerprint density at radius 3 is 2.50 bits per heavy atom. The highest BCUT2D eigenvalue weighted by Crippen LogP contribution is 2.07. The first-order chi connectivity index (χ1) is 5.52. The van der Waals surface area contributed by atoms with E-state index in [2.05, 4.69) is 10.1 Å². The third kappa shape index (κ3) is 1.61. The van der Waals surface area contributed by atoms with E-state index in [4.69, 9.17) is 18.0 Å². The second-order valence-electron chi connectivity index (χ2n) is 2.73. The first-order valence-corrected chi connectivity index (χ1v) is 4.12. The summed E-state index contributed by atoms with van der Waals surface area (Å²) in [5.74, 6) is 1.59. The molecule has 0 aromatic carbocycles. The summed E-state index contributed by atoms with van der Waals surface area (Å²) in [6.07, 6.45) is 0. The van der Waals surface area contributed by atoms with E-state index in [0.717, 1.165) is 11.6 Å². The van der Waals surface area contributed by atoms with Crippen LogP contribution in [0.5, 0.6) is 0 Å². The zero-order valence-corrected chi connectivity index (χ0v) is 8.22. The van der Waals surface area contributed by atoms with Crippen molar-refractivity contribution >= 4 is 17.2 Å². The lowest BCUT2D eigenvalue weighted by molar-refractivity contribution is 0.587. The molecule has 5 heteroatoms. The van der Waals surface area contributed by atoms with E-state index < -0.39 is 0 Å². The van der Waals surface area contributed by atoms with Crippen LogP contribution in [0.4, 0.5) is 0 Å². The van der Waals surface area contributed by atoms with Crippen molar-refractivity contribution in [1.82, 2.24) is 14.8 Å². The Morgan fingerprint density at radius 1 is 1.58 bits per heavy atom. The van der Waals surface area contributed by atoms with Gasteiger partial charge in [-0.3, -0.25) is 0 Å². The zero-order valence-electron chi connectivity index (χ0n) is 7.40. The van der Waals surface area contributed by atoms with Crippen LogP contribution < -0.4 is 5.73 Å². The lowest BCUT2D eigenvalue weighted by Crippen LogP contribution is -2.23. The molecule has 66 valence electrons. The monoisotopic (exact) mass is 184 g/mol. The van der Waals surface area contributed by atoms with Gasteiger partial charge >= 0.3 is 0 Å². The van der Waals surface area contributed by atoms with Crippen molar-refractivity contribution in [2.45, 2.75) is 26.8 Å². The van der Waals surface area contributed by atoms with Gasteiger partial charge in [-0.15, -0.1) is 0 Å². The molecule has 0 spiro atoms. The summed E-state index contributed by atoms with van der Waals surface area (Å²) in [7, 11) is 0. The molecule has 12 heavy (non-hydrogen) atoms. The minimum atomic E-state index is -0.0544. The predicted octanol–water partition coefficient (Wildman–Crippen LogP) is 0.742. The van der Waals surface area contributed by atoms with Crippen LogP contribution in [-0.2, 0) is 0 Å². The van der Waals surface area contributed by atoms with Crippen molar-refractivity contribution < 1.29 is 0 Å². The Kier molecular flexibility index (Phi) is 2.42. The topological polar surface area (TPSA) is 56.7 Å². The maximum Gasteiger partial charge on any atom is 0.147 e. The molecule has 1 aromatic heterocycles. The summed E-state index contributed by atoms with van der Waals surface area (Å²) in [5.41, 5.74) is 5.49. The summed E-state index contributed by atoms with van der Waals surface area (Å²) < 4.78 is 1.73. The quantitative estimate of drug-likeness (QED) is 0.689. The smallest absolute Gasteiger partial charge is 0.147 e. The zero-order chi connectivity index (χ0) is 9.30. The van der Waals surface area contributed by atoms with Gasteiger partial charge in [0.05, 0.1) is 4.99 Å². The molecule has 0 bridgehead atoms. The lowest BCUT2D eigenvalue weighted by atomic mass is 10.3. The van der Waals surface area contributed by atoms with Crippen LogP contribution in [0, 0.1) is 13.8 Å². The summed E-state index contributed by atoms with van der Waals surface area (Å²) in [4.78, 5) is 4.58. The number of thiocarbonyl (C=S) groups is 1. The lowest BCUT2D eigenvalue weighted by Gasteiger charge is -2.10. The minimum Gasteiger partial charge on any atom is -0.392 e. The van der Waals surface area contributed by atoms with Crippen LogP contribution in [-0.4, -0.2) is 19.8 Å². The molecule has 0 aliphatic heterocycles. The van der Waals surface area contributed by atoms with Crippen LogP contribution in [0.25, 0.3) is 0 Å². The molecular formula is C7H12N4S. The number of aromatic nitrogens is 3. The molecule has 4 nitrogen and oxygen atoms in total. The molecule has 2 N–H and O–H groups in total. The van der Waals surface area contributed by atoms with Gasteiger partial charge in [0, 0.05) is 0 Å². The second kappa shape index (κ2) is 3.18. The molecule has 1 unspecified atom stereocenters. The Morgan fingerprint density at radius 2 is 2.17 bits per heavy atom. The summed E-state index contributed by atoms with van der Waals surface area (Å²) >= 11 is 4.86. The Bertz CT molecular complexity index is 304. The highest BCUT2D eigenvalue weighted by Gasteiger charge is 2.11. The highest BCUT2D eigenvalue weighted by molar-refractivity contribution is 7.80. The Hall–Kier alpha value is -0.970. The number of aryl methyl sites for hydroxylation is 2. The van der Waals surface area contributed by atoms with Crippen LogP contribution in [0.1, 0.15) is 24.6 Å². The van der Waals surface area contributed by atoms with E-state index in [9.17, 15) is 0 Å². The van der Waals surface area contributed by atoms with Gasteiger partial charge in [0.15, 0.2) is 0 Å². The van der Waals surface area contributed by atoms with Gasteiger partial charge in [0.25, 0.3) is 0 Å². The third-order valence-electron chi connectivity index (χ3n) is 1.69. The maximum absolute atomic E-state index is 5.49. The molecule has 1 atom stereocenters. The summed E-state index contributed by atoms with van der Waals surface area (Å²) in [6.45, 7) is 5.63. The second-order valence-corrected chi connectivity index (χ2v) is 3.20. The van der Waals surface area contributed by atoms with E-state index >= 15 is 0 Å². The van der Waals surface area contributed by atoms with Crippen molar-refractivity contribution in [3.05, 3.63) is 11.6 Å². The van der Waals surface area contributed by atoms with E-state index in [1.807, 2.05) is 20.8 Å². The number of nitrogens with zero attached hydrogens (tertiary/aromatic N) is 3. The van der Waals surface area contributed by atoms with E-state index in [0.29, 0.717) is 4.99 Å². The van der Waals surface area contributed by atoms with Gasteiger partial charge < -0.3 is 5.73 Å². The van der Waals surface area contributed by atoms with Gasteiger partial charge in [-0.05, 0) is 20.8 Å². The van der Waals surface area contributed by atoms with E-state index in [-0.39, 0.29) is 6.04 Å². The Labute approximate surface area is 76.8 Å². The maximum atomic E-state index is 5.49. The minimum absolute atomic E-state index is 0.0544. The molecule has 0 saturated heterocycles. The fourth-order valence-electron chi connectivity index (χ4n) is 1.02. The molecule has 0 aliphatic rings. The predicted molar refractivity (Wildman–Crippen MR) is 51.0 cm³/mol. The Balaban J connectivity index is 3.02. The van der Waals surface area contributed by atoms with Gasteiger partial charge in [-0.1, -0.05) is 12.2 Å². The third-order valence-corrected chi connectivity index (χ3v) is 2.03. The average Bonchev–Trinajstić information content (AvgIpc) is 2.28. The van der Waals surface area contributed by atoms with E-state index in [1.54, 1.807) is 4.68 Å². The van der Waals surface area contributed by atoms with Crippen molar-refractivity contribution in [3.63, 3.8) is 0 Å². The number of rotatable bonds is 2. The molecule has 0 radical (unpaired) electrons. The molecule has 0 fully saturated rings. The molecule has 0 saturated carbocycles. The number of hydrogen-bond acceptors (Lipinski definition) is 3. The fourth-order valence-corrected chi connectivity index (χ4v) is 1.12. The largest absolute Gasteiger partial charge is 0.392 e. The summed E-state index contributed by atoms with van der Waals surface area (Å²) in [5, 5.41) is 4.17. The van der Waals surface area contributed by atoms with E-state index in [1.165, 1.54) is 0 Å².